The van der Waals surface area contributed by atoms with Gasteiger partial charge in [0, 0.05) is 50.7 Å². The van der Waals surface area contributed by atoms with Crippen LogP contribution in [0, 0.1) is 5.92 Å². The number of piperidine rings is 2. The van der Waals surface area contributed by atoms with Crippen molar-refractivity contribution in [2.24, 2.45) is 11.7 Å². The van der Waals surface area contributed by atoms with Crippen LogP contribution in [0.25, 0.3) is 0 Å². The molecule has 26 heavy (non-hydrogen) atoms. The van der Waals surface area contributed by atoms with Crippen molar-refractivity contribution < 1.29 is 4.79 Å². The Hall–Kier alpha value is -1.50. The van der Waals surface area contributed by atoms with E-state index in [1.807, 2.05) is 23.4 Å². The van der Waals surface area contributed by atoms with Crippen LogP contribution in [0.4, 0.5) is 0 Å². The Balaban J connectivity index is 1.25. The first-order valence-electron chi connectivity index (χ1n) is 10.1. The van der Waals surface area contributed by atoms with Gasteiger partial charge >= 0.3 is 0 Å². The quantitative estimate of drug-likeness (QED) is 0.868. The van der Waals surface area contributed by atoms with E-state index in [2.05, 4.69) is 20.9 Å². The predicted molar refractivity (Wildman–Crippen MR) is 101 cm³/mol. The van der Waals surface area contributed by atoms with E-state index in [0.717, 1.165) is 58.7 Å². The van der Waals surface area contributed by atoms with Crippen molar-refractivity contribution in [2.75, 3.05) is 39.3 Å². The molecular formula is C20H31N5O. The first-order valence-corrected chi connectivity index (χ1v) is 10.1. The van der Waals surface area contributed by atoms with Crippen LogP contribution in [-0.2, 0) is 11.3 Å². The summed E-state index contributed by atoms with van der Waals surface area (Å²) in [6.07, 6.45) is 8.39. The Bertz CT molecular complexity index is 595. The van der Waals surface area contributed by atoms with Crippen LogP contribution in [0.1, 0.15) is 31.2 Å². The summed E-state index contributed by atoms with van der Waals surface area (Å²) < 4.78 is 0. The van der Waals surface area contributed by atoms with Gasteiger partial charge in [-0.3, -0.25) is 19.6 Å². The highest BCUT2D eigenvalue weighted by Crippen LogP contribution is 2.26. The number of nitrogens with two attached hydrogens (primary N) is 1. The molecule has 0 saturated carbocycles. The van der Waals surface area contributed by atoms with Crippen LogP contribution in [0.2, 0.25) is 0 Å². The van der Waals surface area contributed by atoms with Crippen molar-refractivity contribution in [3.63, 3.8) is 0 Å². The molecule has 6 nitrogen and oxygen atoms in total. The fourth-order valence-corrected chi connectivity index (χ4v) is 4.68. The number of pyridine rings is 1. The Labute approximate surface area is 156 Å². The van der Waals surface area contributed by atoms with Gasteiger partial charge < -0.3 is 10.6 Å². The maximum Gasteiger partial charge on any atom is 0.227 e. The van der Waals surface area contributed by atoms with Crippen LogP contribution >= 0.6 is 0 Å². The van der Waals surface area contributed by atoms with Gasteiger partial charge in [-0.25, -0.2) is 0 Å². The topological polar surface area (TPSA) is 65.7 Å². The number of hydrogen-bond donors (Lipinski definition) is 1. The molecule has 3 aliphatic heterocycles. The number of nitrogens with zero attached hydrogens (tertiary/aromatic N) is 4. The highest BCUT2D eigenvalue weighted by molar-refractivity contribution is 5.80. The van der Waals surface area contributed by atoms with E-state index < -0.39 is 0 Å². The fourth-order valence-electron chi connectivity index (χ4n) is 4.68. The molecule has 6 heteroatoms. The van der Waals surface area contributed by atoms with E-state index in [9.17, 15) is 4.79 Å². The smallest absolute Gasteiger partial charge is 0.227 e. The van der Waals surface area contributed by atoms with Crippen molar-refractivity contribution in [1.29, 1.82) is 0 Å². The average Bonchev–Trinajstić information content (AvgIpc) is 2.66. The number of aromatic nitrogens is 1. The minimum atomic E-state index is 0.185. The van der Waals surface area contributed by atoms with E-state index in [-0.39, 0.29) is 12.0 Å². The number of carbonyl (C=O) groups excluding carboxylic acids is 1. The van der Waals surface area contributed by atoms with Crippen LogP contribution in [0.5, 0.6) is 0 Å². The maximum atomic E-state index is 12.6. The predicted octanol–water partition coefficient (Wildman–Crippen LogP) is 0.928. The first kappa shape index (κ1) is 17.9. The van der Waals surface area contributed by atoms with Gasteiger partial charge in [-0.2, -0.15) is 0 Å². The van der Waals surface area contributed by atoms with Crippen molar-refractivity contribution >= 4 is 5.91 Å². The van der Waals surface area contributed by atoms with Gasteiger partial charge in [0.1, 0.15) is 0 Å². The van der Waals surface area contributed by atoms with E-state index >= 15 is 0 Å². The van der Waals surface area contributed by atoms with Crippen LogP contribution in [0.3, 0.4) is 0 Å². The second-order valence-corrected chi connectivity index (χ2v) is 8.21. The average molecular weight is 358 g/mol. The molecule has 0 aliphatic carbocycles. The number of carbonyl (C=O) groups is 1. The zero-order valence-electron chi connectivity index (χ0n) is 15.6. The molecule has 142 valence electrons. The molecule has 1 aromatic rings. The van der Waals surface area contributed by atoms with E-state index in [1.54, 1.807) is 0 Å². The lowest BCUT2D eigenvalue weighted by molar-refractivity contribution is -0.142. The van der Waals surface area contributed by atoms with E-state index in [4.69, 9.17) is 5.73 Å². The SMILES string of the molecule is NC1CN(C(=O)C2CCCN(C3CCN(Cc4cccnc4)CC3)C2)C1. The molecular weight excluding hydrogens is 326 g/mol. The monoisotopic (exact) mass is 357 g/mol. The van der Waals surface area contributed by atoms with Gasteiger partial charge in [0.15, 0.2) is 0 Å². The third kappa shape index (κ3) is 4.08. The fraction of sp³-hybridized carbons (Fsp3) is 0.700. The summed E-state index contributed by atoms with van der Waals surface area (Å²) in [5.74, 6) is 0.523. The largest absolute Gasteiger partial charge is 0.339 e. The summed E-state index contributed by atoms with van der Waals surface area (Å²) in [5, 5.41) is 0. The molecule has 4 heterocycles. The molecule has 1 aromatic heterocycles. The summed E-state index contributed by atoms with van der Waals surface area (Å²) in [6, 6.07) is 5.00. The van der Waals surface area contributed by atoms with Crippen molar-refractivity contribution in [2.45, 2.75) is 44.3 Å². The van der Waals surface area contributed by atoms with Gasteiger partial charge in [-0.15, -0.1) is 0 Å². The van der Waals surface area contributed by atoms with Crippen LogP contribution in [-0.4, -0.2) is 76.9 Å². The standard InChI is InChI=1S/C20H31N5O/c21-18-14-25(15-18)20(26)17-4-2-8-24(13-17)19-5-9-23(10-6-19)12-16-3-1-7-22-11-16/h1,3,7,11,17-19H,2,4-6,8-10,12-15,21H2. The molecule has 0 spiro atoms. The molecule has 2 N–H and O–H groups in total. The molecule has 3 fully saturated rings. The number of hydrogen-bond acceptors (Lipinski definition) is 5. The van der Waals surface area contributed by atoms with Gasteiger partial charge in [0.2, 0.25) is 5.91 Å². The van der Waals surface area contributed by atoms with Crippen LogP contribution in [0.15, 0.2) is 24.5 Å². The Morgan fingerprint density at radius 2 is 1.96 bits per heavy atom. The number of rotatable bonds is 4. The zero-order chi connectivity index (χ0) is 17.9. The first-order chi connectivity index (χ1) is 12.7. The minimum Gasteiger partial charge on any atom is -0.339 e. The Morgan fingerprint density at radius 1 is 1.15 bits per heavy atom. The summed E-state index contributed by atoms with van der Waals surface area (Å²) in [7, 11) is 0. The molecule has 1 unspecified atom stereocenters. The molecule has 1 atom stereocenters. The van der Waals surface area contributed by atoms with Gasteiger partial charge in [-0.05, 0) is 56.9 Å². The number of likely N-dealkylation sites (tertiary alicyclic amines) is 3. The summed E-state index contributed by atoms with van der Waals surface area (Å²) >= 11 is 0. The lowest BCUT2D eigenvalue weighted by atomic mass is 9.91. The molecule has 4 rings (SSSR count). The Morgan fingerprint density at radius 3 is 2.65 bits per heavy atom. The summed E-state index contributed by atoms with van der Waals surface area (Å²) in [5.41, 5.74) is 7.13. The lowest BCUT2D eigenvalue weighted by Crippen LogP contribution is -2.60. The summed E-state index contributed by atoms with van der Waals surface area (Å²) in [4.78, 5) is 23.9. The molecule has 0 radical (unpaired) electrons. The summed E-state index contributed by atoms with van der Waals surface area (Å²) in [6.45, 7) is 6.86. The molecule has 0 aromatic carbocycles. The second kappa shape index (κ2) is 8.03. The van der Waals surface area contributed by atoms with Crippen molar-refractivity contribution in [1.82, 2.24) is 19.7 Å². The molecule has 0 bridgehead atoms. The second-order valence-electron chi connectivity index (χ2n) is 8.21. The minimum absolute atomic E-state index is 0.185. The highest BCUT2D eigenvalue weighted by Gasteiger charge is 2.36. The number of amides is 1. The molecule has 3 saturated heterocycles. The third-order valence-electron chi connectivity index (χ3n) is 6.23. The van der Waals surface area contributed by atoms with Gasteiger partial charge in [0.25, 0.3) is 0 Å². The third-order valence-corrected chi connectivity index (χ3v) is 6.23. The van der Waals surface area contributed by atoms with E-state index in [1.165, 1.54) is 18.4 Å². The van der Waals surface area contributed by atoms with Crippen molar-refractivity contribution in [3.8, 4) is 0 Å². The van der Waals surface area contributed by atoms with Crippen LogP contribution < -0.4 is 5.73 Å². The normalized spacial score (nSPS) is 26.7. The molecule has 3 aliphatic rings. The maximum absolute atomic E-state index is 12.6. The Kier molecular flexibility index (Phi) is 5.52. The van der Waals surface area contributed by atoms with Crippen molar-refractivity contribution in [3.05, 3.63) is 30.1 Å². The lowest BCUT2D eigenvalue weighted by Gasteiger charge is -2.44. The van der Waals surface area contributed by atoms with E-state index in [0.29, 0.717) is 11.9 Å². The zero-order valence-corrected chi connectivity index (χ0v) is 15.6. The molecule has 1 amide bonds. The van der Waals surface area contributed by atoms with Gasteiger partial charge in [-0.1, -0.05) is 6.07 Å². The highest BCUT2D eigenvalue weighted by atomic mass is 16.2. The van der Waals surface area contributed by atoms with Gasteiger partial charge in [0.05, 0.1) is 5.92 Å².